The minimum absolute atomic E-state index is 0.0451. The molecule has 24 heavy (non-hydrogen) atoms. The van der Waals surface area contributed by atoms with Gasteiger partial charge in [-0.25, -0.2) is 4.39 Å². The van der Waals surface area contributed by atoms with Crippen molar-refractivity contribution in [3.05, 3.63) is 70.0 Å². The van der Waals surface area contributed by atoms with Gasteiger partial charge in [-0.05, 0) is 42.2 Å². The molecule has 128 valence electrons. The second-order valence-corrected chi connectivity index (χ2v) is 7.03. The van der Waals surface area contributed by atoms with Crippen molar-refractivity contribution in [2.45, 2.75) is 32.1 Å². The molecule has 1 N–H and O–H groups in total. The Hall–Kier alpha value is -1.52. The van der Waals surface area contributed by atoms with E-state index in [0.29, 0.717) is 22.1 Å². The van der Waals surface area contributed by atoms with Crippen LogP contribution in [-0.2, 0) is 17.0 Å². The third kappa shape index (κ3) is 5.53. The molecule has 1 atom stereocenters. The van der Waals surface area contributed by atoms with Crippen LogP contribution in [0.2, 0.25) is 5.02 Å². The standard InChI is InChI=1S/C19H21ClFNOS/c1-3-14-4-6-15(7-5-14)13(2)22-19(23)12-24-11-16-8-9-17(20)10-18(16)21/h4-10,13H,3,11-12H2,1-2H3,(H,22,23)/t13-/m0/s1. The van der Waals surface area contributed by atoms with E-state index < -0.39 is 0 Å². The molecular weight excluding hydrogens is 345 g/mol. The van der Waals surface area contributed by atoms with E-state index in [0.717, 1.165) is 12.0 Å². The van der Waals surface area contributed by atoms with Crippen molar-refractivity contribution >= 4 is 29.3 Å². The van der Waals surface area contributed by atoms with Crippen LogP contribution < -0.4 is 5.32 Å². The third-order valence-electron chi connectivity index (χ3n) is 3.77. The monoisotopic (exact) mass is 365 g/mol. The summed E-state index contributed by atoms with van der Waals surface area (Å²) in [7, 11) is 0. The molecule has 0 aliphatic heterocycles. The van der Waals surface area contributed by atoms with Crippen LogP contribution in [0.4, 0.5) is 4.39 Å². The maximum absolute atomic E-state index is 13.7. The van der Waals surface area contributed by atoms with Crippen LogP contribution in [0.5, 0.6) is 0 Å². The van der Waals surface area contributed by atoms with Gasteiger partial charge >= 0.3 is 0 Å². The summed E-state index contributed by atoms with van der Waals surface area (Å²) in [6, 6.07) is 12.8. The van der Waals surface area contributed by atoms with Gasteiger partial charge in [-0.1, -0.05) is 48.9 Å². The topological polar surface area (TPSA) is 29.1 Å². The van der Waals surface area contributed by atoms with E-state index >= 15 is 0 Å². The van der Waals surface area contributed by atoms with E-state index in [1.807, 2.05) is 19.1 Å². The first-order valence-electron chi connectivity index (χ1n) is 7.89. The van der Waals surface area contributed by atoms with Gasteiger partial charge in [0, 0.05) is 10.8 Å². The molecule has 0 aliphatic carbocycles. The number of carbonyl (C=O) groups is 1. The number of thioether (sulfide) groups is 1. The lowest BCUT2D eigenvalue weighted by atomic mass is 10.1. The van der Waals surface area contributed by atoms with Crippen molar-refractivity contribution in [1.29, 1.82) is 0 Å². The molecule has 2 nitrogen and oxygen atoms in total. The molecule has 2 aromatic rings. The third-order valence-corrected chi connectivity index (χ3v) is 4.99. The van der Waals surface area contributed by atoms with Crippen LogP contribution in [0.1, 0.15) is 36.6 Å². The predicted molar refractivity (Wildman–Crippen MR) is 99.9 cm³/mol. The van der Waals surface area contributed by atoms with E-state index in [9.17, 15) is 9.18 Å². The molecule has 0 heterocycles. The summed E-state index contributed by atoms with van der Waals surface area (Å²) >= 11 is 7.11. The van der Waals surface area contributed by atoms with Gasteiger partial charge in [0.15, 0.2) is 0 Å². The second-order valence-electron chi connectivity index (χ2n) is 5.61. The molecule has 0 saturated heterocycles. The Labute approximate surface area is 151 Å². The highest BCUT2D eigenvalue weighted by Crippen LogP contribution is 2.20. The highest BCUT2D eigenvalue weighted by molar-refractivity contribution is 7.99. The molecule has 5 heteroatoms. The molecule has 0 aromatic heterocycles. The van der Waals surface area contributed by atoms with Gasteiger partial charge in [0.25, 0.3) is 0 Å². The molecule has 0 aliphatic rings. The average Bonchev–Trinajstić information content (AvgIpc) is 2.57. The second kappa shape index (κ2) is 9.09. The van der Waals surface area contributed by atoms with Crippen molar-refractivity contribution in [1.82, 2.24) is 5.32 Å². The van der Waals surface area contributed by atoms with Crippen LogP contribution in [0, 0.1) is 5.82 Å². The predicted octanol–water partition coefficient (Wildman–Crippen LogP) is 5.15. The van der Waals surface area contributed by atoms with Crippen molar-refractivity contribution in [3.8, 4) is 0 Å². The van der Waals surface area contributed by atoms with Crippen molar-refractivity contribution in [3.63, 3.8) is 0 Å². The van der Waals surface area contributed by atoms with Gasteiger partial charge in [-0.15, -0.1) is 11.8 Å². The number of nitrogens with one attached hydrogen (secondary N) is 1. The number of amides is 1. The van der Waals surface area contributed by atoms with Gasteiger partial charge in [0.1, 0.15) is 5.82 Å². The zero-order chi connectivity index (χ0) is 17.5. The van der Waals surface area contributed by atoms with Gasteiger partial charge in [0.05, 0.1) is 11.8 Å². The molecule has 2 rings (SSSR count). The van der Waals surface area contributed by atoms with Crippen LogP contribution in [0.3, 0.4) is 0 Å². The number of carbonyl (C=O) groups excluding carboxylic acids is 1. The fourth-order valence-electron chi connectivity index (χ4n) is 2.30. The Morgan fingerprint density at radius 3 is 2.58 bits per heavy atom. The number of rotatable bonds is 7. The van der Waals surface area contributed by atoms with Crippen molar-refractivity contribution in [2.24, 2.45) is 0 Å². The summed E-state index contributed by atoms with van der Waals surface area (Å²) in [5.74, 6) is 0.344. The van der Waals surface area contributed by atoms with E-state index in [4.69, 9.17) is 11.6 Å². The zero-order valence-corrected chi connectivity index (χ0v) is 15.4. The maximum Gasteiger partial charge on any atom is 0.230 e. The zero-order valence-electron chi connectivity index (χ0n) is 13.8. The van der Waals surface area contributed by atoms with Crippen molar-refractivity contribution in [2.75, 3.05) is 5.75 Å². The summed E-state index contributed by atoms with van der Waals surface area (Å²) in [5, 5.41) is 3.35. The number of aryl methyl sites for hydroxylation is 1. The normalized spacial score (nSPS) is 12.0. The van der Waals surface area contributed by atoms with Gasteiger partial charge in [-0.3, -0.25) is 4.79 Å². The molecule has 0 unspecified atom stereocenters. The highest BCUT2D eigenvalue weighted by atomic mass is 35.5. The number of hydrogen-bond acceptors (Lipinski definition) is 2. The van der Waals surface area contributed by atoms with Gasteiger partial charge < -0.3 is 5.32 Å². The highest BCUT2D eigenvalue weighted by Gasteiger charge is 2.10. The van der Waals surface area contributed by atoms with Gasteiger partial charge in [0.2, 0.25) is 5.91 Å². The molecule has 0 bridgehead atoms. The van der Waals surface area contributed by atoms with Crippen molar-refractivity contribution < 1.29 is 9.18 Å². The number of halogens is 2. The van der Waals surface area contributed by atoms with E-state index in [1.165, 1.54) is 23.4 Å². The van der Waals surface area contributed by atoms with Crippen LogP contribution in [0.15, 0.2) is 42.5 Å². The fraction of sp³-hybridized carbons (Fsp3) is 0.316. The molecule has 2 aromatic carbocycles. The molecule has 1 amide bonds. The first kappa shape index (κ1) is 18.8. The summed E-state index contributed by atoms with van der Waals surface area (Å²) in [6.07, 6.45) is 0.999. The Bertz CT molecular complexity index is 690. The lowest BCUT2D eigenvalue weighted by Crippen LogP contribution is -2.28. The minimum atomic E-state index is -0.334. The fourth-order valence-corrected chi connectivity index (χ4v) is 3.28. The average molecular weight is 366 g/mol. The lowest BCUT2D eigenvalue weighted by Gasteiger charge is -2.14. The summed E-state index contributed by atoms with van der Waals surface area (Å²) < 4.78 is 13.7. The molecule has 0 radical (unpaired) electrons. The van der Waals surface area contributed by atoms with Crippen LogP contribution in [-0.4, -0.2) is 11.7 Å². The number of hydrogen-bond donors (Lipinski definition) is 1. The Morgan fingerprint density at radius 1 is 1.25 bits per heavy atom. The first-order chi connectivity index (χ1) is 11.5. The Kier molecular flexibility index (Phi) is 7.13. The number of benzene rings is 2. The van der Waals surface area contributed by atoms with E-state index in [-0.39, 0.29) is 17.8 Å². The first-order valence-corrected chi connectivity index (χ1v) is 9.42. The lowest BCUT2D eigenvalue weighted by molar-refractivity contribution is -0.119. The smallest absolute Gasteiger partial charge is 0.230 e. The van der Waals surface area contributed by atoms with E-state index in [2.05, 4.69) is 24.4 Å². The largest absolute Gasteiger partial charge is 0.349 e. The SMILES string of the molecule is CCc1ccc([C@H](C)NC(=O)CSCc2ccc(Cl)cc2F)cc1. The Balaban J connectivity index is 1.79. The summed E-state index contributed by atoms with van der Waals surface area (Å²) in [5.41, 5.74) is 2.91. The van der Waals surface area contributed by atoms with Crippen LogP contribution in [0.25, 0.3) is 0 Å². The quantitative estimate of drug-likeness (QED) is 0.734. The van der Waals surface area contributed by atoms with Crippen LogP contribution >= 0.6 is 23.4 Å². The minimum Gasteiger partial charge on any atom is -0.349 e. The summed E-state index contributed by atoms with van der Waals surface area (Å²) in [4.78, 5) is 12.0. The molecule has 0 spiro atoms. The van der Waals surface area contributed by atoms with E-state index in [1.54, 1.807) is 12.1 Å². The molecular formula is C19H21ClFNOS. The Morgan fingerprint density at radius 2 is 1.96 bits per heavy atom. The molecule has 0 saturated carbocycles. The molecule has 0 fully saturated rings. The maximum atomic E-state index is 13.7. The summed E-state index contributed by atoms with van der Waals surface area (Å²) in [6.45, 7) is 4.07. The van der Waals surface area contributed by atoms with Gasteiger partial charge in [-0.2, -0.15) is 0 Å².